The van der Waals surface area contributed by atoms with Gasteiger partial charge in [-0.1, -0.05) is 24.1 Å². The van der Waals surface area contributed by atoms with Crippen molar-refractivity contribution in [2.45, 2.75) is 32.2 Å². The van der Waals surface area contributed by atoms with E-state index in [1.54, 1.807) is 0 Å². The SMILES string of the molecule is Cc1ccc(Cl)cc1NC(=O)N1CCN2CCCC[C@@H]2C1. The molecule has 3 rings (SSSR count). The second-order valence-electron chi connectivity index (χ2n) is 6.02. The van der Waals surface area contributed by atoms with Gasteiger partial charge in [-0.15, -0.1) is 0 Å². The normalized spacial score (nSPS) is 22.8. The molecule has 2 fully saturated rings. The summed E-state index contributed by atoms with van der Waals surface area (Å²) in [5.74, 6) is 0. The average Bonchev–Trinajstić information content (AvgIpc) is 2.50. The molecule has 0 unspecified atom stereocenters. The monoisotopic (exact) mass is 307 g/mol. The van der Waals surface area contributed by atoms with Gasteiger partial charge in [-0.05, 0) is 44.0 Å². The number of halogens is 1. The van der Waals surface area contributed by atoms with Crippen molar-refractivity contribution in [1.82, 2.24) is 9.80 Å². The van der Waals surface area contributed by atoms with E-state index in [4.69, 9.17) is 11.6 Å². The highest BCUT2D eigenvalue weighted by Crippen LogP contribution is 2.23. The van der Waals surface area contributed by atoms with E-state index in [1.807, 2.05) is 30.0 Å². The van der Waals surface area contributed by atoms with E-state index in [0.29, 0.717) is 11.1 Å². The van der Waals surface area contributed by atoms with Gasteiger partial charge in [-0.3, -0.25) is 4.90 Å². The Morgan fingerprint density at radius 1 is 1.29 bits per heavy atom. The van der Waals surface area contributed by atoms with E-state index in [2.05, 4.69) is 10.2 Å². The molecule has 2 saturated heterocycles. The van der Waals surface area contributed by atoms with Crippen LogP contribution in [0.4, 0.5) is 10.5 Å². The maximum absolute atomic E-state index is 12.5. The lowest BCUT2D eigenvalue weighted by atomic mass is 10.00. The molecule has 0 radical (unpaired) electrons. The molecular formula is C16H22ClN3O. The van der Waals surface area contributed by atoms with Crippen molar-refractivity contribution < 1.29 is 4.79 Å². The fourth-order valence-electron chi connectivity index (χ4n) is 3.26. The van der Waals surface area contributed by atoms with Gasteiger partial charge in [-0.25, -0.2) is 4.79 Å². The summed E-state index contributed by atoms with van der Waals surface area (Å²) < 4.78 is 0. The van der Waals surface area contributed by atoms with Crippen LogP contribution in [0.2, 0.25) is 5.02 Å². The van der Waals surface area contributed by atoms with E-state index in [9.17, 15) is 4.79 Å². The molecule has 2 aliphatic heterocycles. The third-order valence-electron chi connectivity index (χ3n) is 4.57. The Balaban J connectivity index is 1.64. The van der Waals surface area contributed by atoms with E-state index < -0.39 is 0 Å². The number of hydrogen-bond donors (Lipinski definition) is 1. The van der Waals surface area contributed by atoms with Crippen molar-refractivity contribution in [3.63, 3.8) is 0 Å². The first-order chi connectivity index (χ1) is 10.1. The zero-order valence-corrected chi connectivity index (χ0v) is 13.2. The van der Waals surface area contributed by atoms with Crippen LogP contribution in [0.5, 0.6) is 0 Å². The van der Waals surface area contributed by atoms with Crippen LogP contribution in [-0.2, 0) is 0 Å². The number of carbonyl (C=O) groups excluding carboxylic acids is 1. The topological polar surface area (TPSA) is 35.6 Å². The molecule has 1 atom stereocenters. The van der Waals surface area contributed by atoms with Crippen LogP contribution in [0.1, 0.15) is 24.8 Å². The molecule has 0 aliphatic carbocycles. The molecule has 1 N–H and O–H groups in total. The minimum atomic E-state index is -0.00871. The Kier molecular flexibility index (Phi) is 4.36. The van der Waals surface area contributed by atoms with Crippen LogP contribution in [0.3, 0.4) is 0 Å². The first kappa shape index (κ1) is 14.7. The van der Waals surface area contributed by atoms with Crippen LogP contribution in [0.15, 0.2) is 18.2 Å². The summed E-state index contributed by atoms with van der Waals surface area (Å²) >= 11 is 6.01. The molecule has 1 aromatic carbocycles. The number of rotatable bonds is 1. The van der Waals surface area contributed by atoms with Gasteiger partial charge in [0.05, 0.1) is 0 Å². The fourth-order valence-corrected chi connectivity index (χ4v) is 3.44. The van der Waals surface area contributed by atoms with Crippen molar-refractivity contribution in [3.05, 3.63) is 28.8 Å². The number of aryl methyl sites for hydroxylation is 1. The molecular weight excluding hydrogens is 286 g/mol. The summed E-state index contributed by atoms with van der Waals surface area (Å²) in [5, 5.41) is 3.65. The molecule has 0 saturated carbocycles. The third-order valence-corrected chi connectivity index (χ3v) is 4.80. The lowest BCUT2D eigenvalue weighted by Crippen LogP contribution is -2.56. The maximum atomic E-state index is 12.5. The number of hydrogen-bond acceptors (Lipinski definition) is 2. The Labute approximate surface area is 131 Å². The Morgan fingerprint density at radius 2 is 2.14 bits per heavy atom. The van der Waals surface area contributed by atoms with E-state index in [-0.39, 0.29) is 6.03 Å². The number of urea groups is 1. The van der Waals surface area contributed by atoms with Crippen molar-refractivity contribution >= 4 is 23.3 Å². The predicted octanol–water partition coefficient (Wildman–Crippen LogP) is 3.35. The largest absolute Gasteiger partial charge is 0.322 e. The molecule has 4 nitrogen and oxygen atoms in total. The van der Waals surface area contributed by atoms with Gasteiger partial charge >= 0.3 is 6.03 Å². The molecule has 2 amide bonds. The summed E-state index contributed by atoms with van der Waals surface area (Å²) in [6.45, 7) is 5.80. The van der Waals surface area contributed by atoms with Crippen molar-refractivity contribution in [3.8, 4) is 0 Å². The van der Waals surface area contributed by atoms with E-state index in [1.165, 1.54) is 25.8 Å². The summed E-state index contributed by atoms with van der Waals surface area (Å²) in [7, 11) is 0. The molecule has 2 aliphatic rings. The van der Waals surface area contributed by atoms with Crippen LogP contribution in [-0.4, -0.2) is 48.1 Å². The van der Waals surface area contributed by atoms with Crippen LogP contribution in [0, 0.1) is 6.92 Å². The van der Waals surface area contributed by atoms with E-state index >= 15 is 0 Å². The molecule has 5 heteroatoms. The number of nitrogens with zero attached hydrogens (tertiary/aromatic N) is 2. The highest BCUT2D eigenvalue weighted by atomic mass is 35.5. The zero-order valence-electron chi connectivity index (χ0n) is 12.4. The lowest BCUT2D eigenvalue weighted by Gasteiger charge is -2.43. The molecule has 0 spiro atoms. The van der Waals surface area contributed by atoms with Crippen LogP contribution in [0.25, 0.3) is 0 Å². The van der Waals surface area contributed by atoms with Gasteiger partial charge < -0.3 is 10.2 Å². The standard InChI is InChI=1S/C16H22ClN3O/c1-12-5-6-13(17)10-15(12)18-16(21)20-9-8-19-7-3-2-4-14(19)11-20/h5-6,10,14H,2-4,7-9,11H2,1H3,(H,18,21)/t14-/m1/s1. The number of amides is 2. The second-order valence-corrected chi connectivity index (χ2v) is 6.46. The second kappa shape index (κ2) is 6.24. The number of carbonyl (C=O) groups is 1. The van der Waals surface area contributed by atoms with Gasteiger partial charge in [0, 0.05) is 36.4 Å². The zero-order chi connectivity index (χ0) is 14.8. The molecule has 1 aromatic rings. The van der Waals surface area contributed by atoms with Crippen LogP contribution < -0.4 is 5.32 Å². The molecule has 0 aromatic heterocycles. The van der Waals surface area contributed by atoms with Gasteiger partial charge in [0.1, 0.15) is 0 Å². The summed E-state index contributed by atoms with van der Waals surface area (Å²) in [6.07, 6.45) is 3.79. The van der Waals surface area contributed by atoms with Crippen molar-refractivity contribution in [2.75, 3.05) is 31.5 Å². The third kappa shape index (κ3) is 3.33. The smallest absolute Gasteiger partial charge is 0.321 e. The highest BCUT2D eigenvalue weighted by Gasteiger charge is 2.31. The summed E-state index contributed by atoms with van der Waals surface area (Å²) in [4.78, 5) is 16.9. The first-order valence-corrected chi connectivity index (χ1v) is 8.07. The number of fused-ring (bicyclic) bond motifs is 1. The van der Waals surface area contributed by atoms with Gasteiger partial charge in [0.2, 0.25) is 0 Å². The Hall–Kier alpha value is -1.26. The first-order valence-electron chi connectivity index (χ1n) is 7.69. The average molecular weight is 308 g/mol. The van der Waals surface area contributed by atoms with Gasteiger partial charge in [0.25, 0.3) is 0 Å². The fraction of sp³-hybridized carbons (Fsp3) is 0.562. The quantitative estimate of drug-likeness (QED) is 0.863. The number of nitrogens with one attached hydrogen (secondary N) is 1. The van der Waals surface area contributed by atoms with Crippen molar-refractivity contribution in [1.29, 1.82) is 0 Å². The minimum Gasteiger partial charge on any atom is -0.322 e. The van der Waals surface area contributed by atoms with Crippen LogP contribution >= 0.6 is 11.6 Å². The Morgan fingerprint density at radius 3 is 3.00 bits per heavy atom. The van der Waals surface area contributed by atoms with E-state index in [0.717, 1.165) is 30.9 Å². The minimum absolute atomic E-state index is 0.00871. The summed E-state index contributed by atoms with van der Waals surface area (Å²) in [6, 6.07) is 6.11. The molecule has 2 heterocycles. The highest BCUT2D eigenvalue weighted by molar-refractivity contribution is 6.31. The van der Waals surface area contributed by atoms with Crippen molar-refractivity contribution in [2.24, 2.45) is 0 Å². The Bertz CT molecular complexity index is 534. The number of anilines is 1. The summed E-state index contributed by atoms with van der Waals surface area (Å²) in [5.41, 5.74) is 1.84. The van der Waals surface area contributed by atoms with Gasteiger partial charge in [-0.2, -0.15) is 0 Å². The number of piperidine rings is 1. The molecule has 114 valence electrons. The van der Waals surface area contributed by atoms with Gasteiger partial charge in [0.15, 0.2) is 0 Å². The number of piperazine rings is 1. The molecule has 0 bridgehead atoms. The maximum Gasteiger partial charge on any atom is 0.321 e. The lowest BCUT2D eigenvalue weighted by molar-refractivity contribution is 0.0678. The molecule has 21 heavy (non-hydrogen) atoms. The number of benzene rings is 1. The predicted molar refractivity (Wildman–Crippen MR) is 86.0 cm³/mol.